The van der Waals surface area contributed by atoms with Crippen molar-refractivity contribution < 1.29 is 4.74 Å². The van der Waals surface area contributed by atoms with Crippen LogP contribution < -0.4 is 16.1 Å². The van der Waals surface area contributed by atoms with Crippen LogP contribution in [0.2, 0.25) is 0 Å². The van der Waals surface area contributed by atoms with Crippen LogP contribution in [0.1, 0.15) is 5.82 Å². The molecular formula is C13H14N6O2S. The van der Waals surface area contributed by atoms with Crippen LogP contribution in [0.4, 0.5) is 0 Å². The van der Waals surface area contributed by atoms with Gasteiger partial charge in [-0.1, -0.05) is 11.8 Å². The Balaban J connectivity index is 2.01. The predicted molar refractivity (Wildman–Crippen MR) is 83.3 cm³/mol. The Bertz CT molecular complexity index is 888. The summed E-state index contributed by atoms with van der Waals surface area (Å²) < 4.78 is 8.04. The Morgan fingerprint density at radius 1 is 1.41 bits per heavy atom. The average molecular weight is 318 g/mol. The molecule has 1 aromatic carbocycles. The highest BCUT2D eigenvalue weighted by atomic mass is 32.2. The van der Waals surface area contributed by atoms with Gasteiger partial charge in [-0.15, -0.1) is 10.2 Å². The number of hydrogen-bond donors (Lipinski definition) is 1. The van der Waals surface area contributed by atoms with Crippen LogP contribution in [-0.2, 0) is 5.88 Å². The van der Waals surface area contributed by atoms with Gasteiger partial charge in [0.25, 0.3) is 5.56 Å². The number of methoxy groups -OCH3 is 1. The lowest BCUT2D eigenvalue weighted by Gasteiger charge is -2.10. The summed E-state index contributed by atoms with van der Waals surface area (Å²) in [5.41, 5.74) is 0.517. The highest BCUT2D eigenvalue weighted by molar-refractivity contribution is 7.98. The second kappa shape index (κ2) is 5.68. The van der Waals surface area contributed by atoms with Crippen LogP contribution in [0.5, 0.6) is 5.75 Å². The molecule has 0 aliphatic rings. The van der Waals surface area contributed by atoms with Crippen LogP contribution >= 0.6 is 11.8 Å². The number of aryl methyl sites for hydroxylation is 1. The molecule has 2 aromatic heterocycles. The number of nitrogen functional groups attached to an aromatic ring is 1. The van der Waals surface area contributed by atoms with E-state index in [1.807, 2.05) is 0 Å². The SMILES string of the molecule is COc1ccc2nc(C)n(CSc3nncn3N)c(=O)c2c1. The van der Waals surface area contributed by atoms with E-state index in [4.69, 9.17) is 10.6 Å². The first-order valence-electron chi connectivity index (χ1n) is 6.43. The molecule has 0 fully saturated rings. The third-order valence-corrected chi connectivity index (χ3v) is 4.15. The highest BCUT2D eigenvalue weighted by Crippen LogP contribution is 2.19. The van der Waals surface area contributed by atoms with Crippen molar-refractivity contribution in [2.45, 2.75) is 18.0 Å². The number of nitrogens with zero attached hydrogens (tertiary/aromatic N) is 5. The molecule has 2 heterocycles. The summed E-state index contributed by atoms with van der Waals surface area (Å²) >= 11 is 1.31. The van der Waals surface area contributed by atoms with Crippen molar-refractivity contribution in [1.29, 1.82) is 0 Å². The first kappa shape index (κ1) is 14.4. The zero-order chi connectivity index (χ0) is 15.7. The molecule has 0 atom stereocenters. The Kier molecular flexibility index (Phi) is 3.72. The lowest BCUT2D eigenvalue weighted by molar-refractivity contribution is 0.415. The fraction of sp³-hybridized carbons (Fsp3) is 0.231. The van der Waals surface area contributed by atoms with Crippen molar-refractivity contribution in [2.75, 3.05) is 13.0 Å². The van der Waals surface area contributed by atoms with Gasteiger partial charge in [0.05, 0.1) is 23.9 Å². The molecule has 0 radical (unpaired) electrons. The van der Waals surface area contributed by atoms with E-state index in [1.165, 1.54) is 22.8 Å². The maximum Gasteiger partial charge on any atom is 0.262 e. The minimum Gasteiger partial charge on any atom is -0.497 e. The van der Waals surface area contributed by atoms with Crippen LogP contribution in [0, 0.1) is 6.92 Å². The molecule has 0 amide bonds. The summed E-state index contributed by atoms with van der Waals surface area (Å²) in [5, 5.41) is 8.61. The molecule has 0 bridgehead atoms. The van der Waals surface area contributed by atoms with Gasteiger partial charge in [0.2, 0.25) is 5.16 Å². The second-order valence-electron chi connectivity index (χ2n) is 4.57. The van der Waals surface area contributed by atoms with Gasteiger partial charge in [-0.3, -0.25) is 9.36 Å². The van der Waals surface area contributed by atoms with E-state index >= 15 is 0 Å². The highest BCUT2D eigenvalue weighted by Gasteiger charge is 2.11. The molecule has 3 aromatic rings. The van der Waals surface area contributed by atoms with Crippen molar-refractivity contribution in [3.63, 3.8) is 0 Å². The van der Waals surface area contributed by atoms with E-state index in [0.29, 0.717) is 33.5 Å². The maximum atomic E-state index is 12.6. The fourth-order valence-electron chi connectivity index (χ4n) is 2.05. The van der Waals surface area contributed by atoms with Crippen LogP contribution in [0.15, 0.2) is 34.5 Å². The molecule has 9 heteroatoms. The average Bonchev–Trinajstić information content (AvgIpc) is 2.92. The lowest BCUT2D eigenvalue weighted by Crippen LogP contribution is -2.23. The van der Waals surface area contributed by atoms with E-state index in [2.05, 4.69) is 15.2 Å². The quantitative estimate of drug-likeness (QED) is 0.560. The number of rotatable bonds is 4. The smallest absolute Gasteiger partial charge is 0.262 e. The minimum absolute atomic E-state index is 0.128. The van der Waals surface area contributed by atoms with E-state index in [0.717, 1.165) is 0 Å². The van der Waals surface area contributed by atoms with E-state index < -0.39 is 0 Å². The number of fused-ring (bicyclic) bond motifs is 1. The Hall–Kier alpha value is -2.55. The zero-order valence-corrected chi connectivity index (χ0v) is 12.9. The van der Waals surface area contributed by atoms with Gasteiger partial charge >= 0.3 is 0 Å². The number of aromatic nitrogens is 5. The van der Waals surface area contributed by atoms with E-state index in [1.54, 1.807) is 36.8 Å². The third-order valence-electron chi connectivity index (χ3n) is 3.22. The topological polar surface area (TPSA) is 101 Å². The number of nitrogens with two attached hydrogens (primary N) is 1. The Labute approximate surface area is 129 Å². The van der Waals surface area contributed by atoms with Crippen molar-refractivity contribution in [3.05, 3.63) is 40.7 Å². The van der Waals surface area contributed by atoms with Gasteiger partial charge in [0, 0.05) is 0 Å². The van der Waals surface area contributed by atoms with Crippen molar-refractivity contribution in [2.24, 2.45) is 0 Å². The van der Waals surface area contributed by atoms with Crippen LogP contribution in [0.25, 0.3) is 10.9 Å². The molecular weight excluding hydrogens is 304 g/mol. The van der Waals surface area contributed by atoms with Crippen molar-refractivity contribution in [3.8, 4) is 5.75 Å². The number of hydrogen-bond acceptors (Lipinski definition) is 7. The van der Waals surface area contributed by atoms with Gasteiger partial charge < -0.3 is 10.6 Å². The minimum atomic E-state index is -0.128. The van der Waals surface area contributed by atoms with Gasteiger partial charge in [0.15, 0.2) is 0 Å². The van der Waals surface area contributed by atoms with Crippen molar-refractivity contribution in [1.82, 2.24) is 24.4 Å². The van der Waals surface area contributed by atoms with Crippen molar-refractivity contribution >= 4 is 22.7 Å². The molecule has 0 aliphatic carbocycles. The largest absolute Gasteiger partial charge is 0.497 e. The molecule has 0 unspecified atom stereocenters. The monoisotopic (exact) mass is 318 g/mol. The Morgan fingerprint density at radius 2 is 2.23 bits per heavy atom. The molecule has 3 rings (SSSR count). The molecule has 0 aliphatic heterocycles. The second-order valence-corrected chi connectivity index (χ2v) is 5.48. The van der Waals surface area contributed by atoms with Crippen LogP contribution in [-0.4, -0.2) is 31.5 Å². The molecule has 114 valence electrons. The normalized spacial score (nSPS) is 11.0. The summed E-state index contributed by atoms with van der Waals surface area (Å²) in [6.45, 7) is 1.79. The number of thioether (sulfide) groups is 1. The molecule has 2 N–H and O–H groups in total. The molecule has 0 spiro atoms. The first-order valence-corrected chi connectivity index (χ1v) is 7.42. The number of ether oxygens (including phenoxy) is 1. The third kappa shape index (κ3) is 2.50. The fourth-order valence-corrected chi connectivity index (χ4v) is 2.90. The number of benzene rings is 1. The van der Waals surface area contributed by atoms with E-state index in [-0.39, 0.29) is 5.56 Å². The predicted octanol–water partition coefficient (Wildman–Crippen LogP) is 0.769. The lowest BCUT2D eigenvalue weighted by atomic mass is 10.2. The Morgan fingerprint density at radius 3 is 2.91 bits per heavy atom. The van der Waals surface area contributed by atoms with Gasteiger partial charge in [-0.05, 0) is 25.1 Å². The summed E-state index contributed by atoms with van der Waals surface area (Å²) in [6.07, 6.45) is 1.40. The molecule has 8 nitrogen and oxygen atoms in total. The standard InChI is InChI=1S/C13H14N6O2S/c1-8-16-11-4-3-9(21-2)5-10(11)12(20)18(8)7-22-13-17-15-6-19(13)14/h3-6H,7,14H2,1-2H3. The van der Waals surface area contributed by atoms with Gasteiger partial charge in [-0.2, -0.15) is 0 Å². The molecule has 0 saturated heterocycles. The summed E-state index contributed by atoms with van der Waals surface area (Å²) in [6, 6.07) is 5.25. The van der Waals surface area contributed by atoms with E-state index in [9.17, 15) is 4.79 Å². The van der Waals surface area contributed by atoms with Gasteiger partial charge in [-0.25, -0.2) is 9.66 Å². The van der Waals surface area contributed by atoms with Crippen LogP contribution in [0.3, 0.4) is 0 Å². The summed E-state index contributed by atoms with van der Waals surface area (Å²) in [7, 11) is 1.56. The van der Waals surface area contributed by atoms with Gasteiger partial charge in [0.1, 0.15) is 17.9 Å². The zero-order valence-electron chi connectivity index (χ0n) is 12.1. The maximum absolute atomic E-state index is 12.6. The summed E-state index contributed by atoms with van der Waals surface area (Å²) in [5.74, 6) is 7.25. The first-order chi connectivity index (χ1) is 10.6. The molecule has 0 saturated carbocycles. The summed E-state index contributed by atoms with van der Waals surface area (Å²) in [4.78, 5) is 17.1. The molecule has 22 heavy (non-hydrogen) atoms.